The van der Waals surface area contributed by atoms with Crippen LogP contribution in [-0.4, -0.2) is 40.5 Å². The molecule has 0 saturated carbocycles. The number of carbonyl (C=O) groups excluding carboxylic acids is 2. The van der Waals surface area contributed by atoms with E-state index in [0.29, 0.717) is 41.0 Å². The van der Waals surface area contributed by atoms with Gasteiger partial charge in [0.1, 0.15) is 5.75 Å². The molecule has 0 aliphatic carbocycles. The monoisotopic (exact) mass is 427 g/mol. The van der Waals surface area contributed by atoms with Crippen molar-refractivity contribution in [1.29, 1.82) is 0 Å². The molecule has 3 aromatic rings. The number of anilines is 1. The minimum Gasteiger partial charge on any atom is -0.492 e. The molecule has 30 heavy (non-hydrogen) atoms. The zero-order chi connectivity index (χ0) is 21.1. The maximum Gasteiger partial charge on any atom is 0.339 e. The van der Waals surface area contributed by atoms with Crippen molar-refractivity contribution in [3.05, 3.63) is 64.9 Å². The van der Waals surface area contributed by atoms with Crippen LogP contribution in [-0.2, 0) is 4.74 Å². The Morgan fingerprint density at radius 3 is 2.90 bits per heavy atom. The smallest absolute Gasteiger partial charge is 0.339 e. The van der Waals surface area contributed by atoms with Gasteiger partial charge in [-0.15, -0.1) is 5.10 Å². The van der Waals surface area contributed by atoms with Gasteiger partial charge in [-0.2, -0.15) is 0 Å². The molecular formula is C20H18ClN5O4. The number of fused-ring (bicyclic) bond motifs is 1. The van der Waals surface area contributed by atoms with Crippen molar-refractivity contribution in [1.82, 2.24) is 20.1 Å². The molecule has 154 valence electrons. The molecule has 0 fully saturated rings. The van der Waals surface area contributed by atoms with Crippen LogP contribution in [0.4, 0.5) is 10.6 Å². The first-order valence-corrected chi connectivity index (χ1v) is 9.52. The number of urea groups is 1. The molecule has 0 saturated heterocycles. The molecule has 0 spiro atoms. The zero-order valence-corrected chi connectivity index (χ0v) is 16.7. The molecule has 0 radical (unpaired) electrons. The number of para-hydroxylation sites is 1. The molecule has 1 aliphatic heterocycles. The molecule has 10 heteroatoms. The van der Waals surface area contributed by atoms with Gasteiger partial charge in [0.15, 0.2) is 11.6 Å². The molecule has 2 amide bonds. The second-order valence-corrected chi connectivity index (χ2v) is 6.90. The summed E-state index contributed by atoms with van der Waals surface area (Å²) in [6.45, 7) is 0.462. The molecule has 1 unspecified atom stereocenters. The topological polar surface area (TPSA) is 107 Å². The number of carbonyl (C=O) groups is 2. The largest absolute Gasteiger partial charge is 0.492 e. The van der Waals surface area contributed by atoms with E-state index in [-0.39, 0.29) is 6.04 Å². The van der Waals surface area contributed by atoms with Crippen LogP contribution >= 0.6 is 11.6 Å². The molecule has 4 rings (SSSR count). The van der Waals surface area contributed by atoms with Gasteiger partial charge in [-0.25, -0.2) is 19.3 Å². The second-order valence-electron chi connectivity index (χ2n) is 6.49. The molecular weight excluding hydrogens is 410 g/mol. The van der Waals surface area contributed by atoms with Crippen molar-refractivity contribution < 1.29 is 19.1 Å². The van der Waals surface area contributed by atoms with Gasteiger partial charge in [0.05, 0.1) is 30.3 Å². The summed E-state index contributed by atoms with van der Waals surface area (Å²) < 4.78 is 11.7. The van der Waals surface area contributed by atoms with E-state index in [4.69, 9.17) is 16.3 Å². The summed E-state index contributed by atoms with van der Waals surface area (Å²) in [5, 5.41) is 10.4. The quantitative estimate of drug-likeness (QED) is 0.618. The number of ether oxygens (including phenoxy) is 2. The van der Waals surface area contributed by atoms with E-state index in [1.165, 1.54) is 18.0 Å². The predicted molar refractivity (Wildman–Crippen MR) is 109 cm³/mol. The first kappa shape index (κ1) is 19.7. The lowest BCUT2D eigenvalue weighted by Gasteiger charge is -2.27. The van der Waals surface area contributed by atoms with Crippen molar-refractivity contribution in [3.63, 3.8) is 0 Å². The lowest BCUT2D eigenvalue weighted by molar-refractivity contribution is 0.0600. The van der Waals surface area contributed by atoms with E-state index in [1.807, 2.05) is 12.1 Å². The Kier molecular flexibility index (Phi) is 5.53. The number of pyridine rings is 1. The molecule has 0 bridgehead atoms. The number of nitrogens with one attached hydrogen (secondary N) is 2. The second kappa shape index (κ2) is 8.42. The van der Waals surface area contributed by atoms with Crippen LogP contribution in [0.15, 0.2) is 48.8 Å². The fourth-order valence-corrected chi connectivity index (χ4v) is 3.36. The van der Waals surface area contributed by atoms with Gasteiger partial charge < -0.3 is 14.8 Å². The summed E-state index contributed by atoms with van der Waals surface area (Å²) in [5.74, 6) is 0.972. The molecule has 2 N–H and O–H groups in total. The van der Waals surface area contributed by atoms with Crippen LogP contribution < -0.4 is 15.4 Å². The molecule has 3 heterocycles. The van der Waals surface area contributed by atoms with Gasteiger partial charge >= 0.3 is 12.0 Å². The van der Waals surface area contributed by atoms with E-state index in [1.54, 1.807) is 30.5 Å². The summed E-state index contributed by atoms with van der Waals surface area (Å²) in [7, 11) is 1.31. The van der Waals surface area contributed by atoms with Crippen LogP contribution in [0.5, 0.6) is 5.75 Å². The maximum absolute atomic E-state index is 12.5. The van der Waals surface area contributed by atoms with Gasteiger partial charge in [0.2, 0.25) is 0 Å². The number of hydrogen-bond acceptors (Lipinski definition) is 6. The molecule has 1 atom stereocenters. The molecule has 1 aliphatic rings. The van der Waals surface area contributed by atoms with E-state index < -0.39 is 12.0 Å². The molecule has 9 nitrogen and oxygen atoms in total. The highest BCUT2D eigenvalue weighted by atomic mass is 35.5. The Labute approximate surface area is 177 Å². The van der Waals surface area contributed by atoms with E-state index in [2.05, 4.69) is 25.5 Å². The number of rotatable bonds is 4. The fourth-order valence-electron chi connectivity index (χ4n) is 3.13. The Balaban J connectivity index is 1.42. The van der Waals surface area contributed by atoms with Crippen molar-refractivity contribution in [3.8, 4) is 11.6 Å². The van der Waals surface area contributed by atoms with Crippen LogP contribution in [0.3, 0.4) is 0 Å². The normalized spacial score (nSPS) is 14.9. The number of esters is 1. The first-order chi connectivity index (χ1) is 14.5. The summed E-state index contributed by atoms with van der Waals surface area (Å²) in [5.41, 5.74) is 1.17. The van der Waals surface area contributed by atoms with Crippen LogP contribution in [0.25, 0.3) is 5.82 Å². The fraction of sp³-hybridized carbons (Fsp3) is 0.200. The molecule has 2 aromatic heterocycles. The Hall–Kier alpha value is -3.59. The van der Waals surface area contributed by atoms with Crippen molar-refractivity contribution >= 4 is 29.4 Å². The third-order valence-corrected chi connectivity index (χ3v) is 4.86. The minimum atomic E-state index is -0.468. The van der Waals surface area contributed by atoms with Crippen LogP contribution in [0.2, 0.25) is 5.02 Å². The standard InChI is InChI=1S/C20H18ClN5O4/c1-29-19(27)12-5-6-17(22-11-12)26-9-7-16(25-26)24-20(28)23-15-8-10-30-18-13(15)3-2-4-14(18)21/h2-7,9,11,15H,8,10H2,1H3,(H2,23,24,25,28). The van der Waals surface area contributed by atoms with Crippen molar-refractivity contribution in [2.75, 3.05) is 19.0 Å². The number of benzene rings is 1. The van der Waals surface area contributed by atoms with Crippen molar-refractivity contribution in [2.45, 2.75) is 12.5 Å². The number of methoxy groups -OCH3 is 1. The average Bonchev–Trinajstić information content (AvgIpc) is 3.22. The number of nitrogens with zero attached hydrogens (tertiary/aromatic N) is 3. The number of hydrogen-bond donors (Lipinski definition) is 2. The lowest BCUT2D eigenvalue weighted by atomic mass is 10.0. The SMILES string of the molecule is COC(=O)c1ccc(-n2ccc(NC(=O)NC3CCOc4c(Cl)cccc43)n2)nc1. The van der Waals surface area contributed by atoms with E-state index >= 15 is 0 Å². The highest BCUT2D eigenvalue weighted by Crippen LogP contribution is 2.37. The van der Waals surface area contributed by atoms with E-state index in [0.717, 1.165) is 5.56 Å². The number of amides is 2. The third-order valence-electron chi connectivity index (χ3n) is 4.57. The Bertz CT molecular complexity index is 1080. The van der Waals surface area contributed by atoms with Gasteiger partial charge in [0.25, 0.3) is 0 Å². The Morgan fingerprint density at radius 1 is 1.27 bits per heavy atom. The third kappa shape index (κ3) is 4.06. The summed E-state index contributed by atoms with van der Waals surface area (Å²) in [6, 6.07) is 9.70. The minimum absolute atomic E-state index is 0.220. The van der Waals surface area contributed by atoms with Crippen molar-refractivity contribution in [2.24, 2.45) is 0 Å². The van der Waals surface area contributed by atoms with Gasteiger partial charge in [-0.1, -0.05) is 23.7 Å². The van der Waals surface area contributed by atoms with Crippen LogP contribution in [0.1, 0.15) is 28.4 Å². The molecule has 1 aromatic carbocycles. The highest BCUT2D eigenvalue weighted by molar-refractivity contribution is 6.32. The predicted octanol–water partition coefficient (Wildman–Crippen LogP) is 3.35. The lowest BCUT2D eigenvalue weighted by Crippen LogP contribution is -2.35. The number of aromatic nitrogens is 3. The highest BCUT2D eigenvalue weighted by Gasteiger charge is 2.24. The van der Waals surface area contributed by atoms with Gasteiger partial charge in [-0.05, 0) is 18.2 Å². The Morgan fingerprint density at radius 2 is 2.13 bits per heavy atom. The summed E-state index contributed by atoms with van der Waals surface area (Å²) >= 11 is 6.17. The van der Waals surface area contributed by atoms with Gasteiger partial charge in [0, 0.05) is 30.4 Å². The van der Waals surface area contributed by atoms with Crippen LogP contribution in [0, 0.1) is 0 Å². The summed E-state index contributed by atoms with van der Waals surface area (Å²) in [4.78, 5) is 28.1. The first-order valence-electron chi connectivity index (χ1n) is 9.14. The maximum atomic E-state index is 12.5. The zero-order valence-electron chi connectivity index (χ0n) is 16.0. The van der Waals surface area contributed by atoms with Gasteiger partial charge in [-0.3, -0.25) is 5.32 Å². The van der Waals surface area contributed by atoms with E-state index in [9.17, 15) is 9.59 Å². The summed E-state index contributed by atoms with van der Waals surface area (Å²) in [6.07, 6.45) is 3.68. The average molecular weight is 428 g/mol. The number of halogens is 1.